The van der Waals surface area contributed by atoms with Crippen molar-refractivity contribution in [1.29, 1.82) is 0 Å². The van der Waals surface area contributed by atoms with Gasteiger partial charge in [0.15, 0.2) is 0 Å². The molecule has 3 amide bonds. The first-order valence-corrected chi connectivity index (χ1v) is 17.8. The Bertz CT molecular complexity index is 2020. The highest BCUT2D eigenvalue weighted by molar-refractivity contribution is 8.00. The molecule has 4 aromatic rings. The summed E-state index contributed by atoms with van der Waals surface area (Å²) in [6.07, 6.45) is 0.740. The number of hydrogen-bond donors (Lipinski definition) is 2. The maximum Gasteiger partial charge on any atom is 0.308 e. The number of imide groups is 1. The molecule has 2 aliphatic heterocycles. The second kappa shape index (κ2) is 11.2. The summed E-state index contributed by atoms with van der Waals surface area (Å²) in [4.78, 5) is 56.8. The lowest BCUT2D eigenvalue weighted by atomic mass is 9.68. The lowest BCUT2D eigenvalue weighted by molar-refractivity contribution is -0.123. The smallest absolute Gasteiger partial charge is 0.308 e. The second-order valence-corrected chi connectivity index (χ2v) is 16.5. The van der Waals surface area contributed by atoms with Crippen molar-refractivity contribution in [3.8, 4) is 5.75 Å². The Balaban J connectivity index is 1.18. The number of aromatic nitrogens is 1. The molecule has 0 radical (unpaired) electrons. The third-order valence-electron chi connectivity index (χ3n) is 10.6. The van der Waals surface area contributed by atoms with Crippen LogP contribution in [0.3, 0.4) is 0 Å². The fourth-order valence-electron chi connectivity index (χ4n) is 8.55. The van der Waals surface area contributed by atoms with Gasteiger partial charge in [-0.25, -0.2) is 4.39 Å². The molecule has 1 aromatic heterocycles. The van der Waals surface area contributed by atoms with Crippen LogP contribution in [0, 0.1) is 35.4 Å². The van der Waals surface area contributed by atoms with Gasteiger partial charge >= 0.3 is 4.87 Å². The summed E-state index contributed by atoms with van der Waals surface area (Å²) < 4.78 is 15.3. The lowest BCUT2D eigenvalue weighted by Crippen LogP contribution is -2.43. The first kappa shape index (κ1) is 31.1. The Hall–Kier alpha value is -4.22. The van der Waals surface area contributed by atoms with Gasteiger partial charge in [0.2, 0.25) is 17.7 Å². The molecule has 246 valence electrons. The van der Waals surface area contributed by atoms with Gasteiger partial charge in [-0.2, -0.15) is 0 Å². The van der Waals surface area contributed by atoms with Gasteiger partial charge in [0.1, 0.15) is 18.1 Å². The highest BCUT2D eigenvalue weighted by atomic mass is 32.2. The normalized spacial score (nSPS) is 27.2. The maximum atomic E-state index is 14.0. The van der Waals surface area contributed by atoms with Crippen LogP contribution in [-0.2, 0) is 26.3 Å². The minimum absolute atomic E-state index is 0.0106. The lowest BCUT2D eigenvalue weighted by Gasteiger charge is -2.43. The van der Waals surface area contributed by atoms with Crippen LogP contribution in [0.5, 0.6) is 5.75 Å². The van der Waals surface area contributed by atoms with E-state index in [-0.39, 0.29) is 69.2 Å². The number of halogens is 1. The summed E-state index contributed by atoms with van der Waals surface area (Å²) in [6, 6.07) is 20.2. The molecular formula is C37H34FN3O5S2. The van der Waals surface area contributed by atoms with Crippen molar-refractivity contribution in [2.45, 2.75) is 55.3 Å². The number of nitrogens with one attached hydrogen (secondary N) is 1. The molecule has 7 unspecified atom stereocenters. The van der Waals surface area contributed by atoms with Crippen molar-refractivity contribution >= 4 is 52.2 Å². The van der Waals surface area contributed by atoms with Gasteiger partial charge in [-0.1, -0.05) is 56.4 Å². The van der Waals surface area contributed by atoms with Crippen molar-refractivity contribution < 1.29 is 23.9 Å². The molecule has 2 aliphatic carbocycles. The predicted molar refractivity (Wildman–Crippen MR) is 183 cm³/mol. The zero-order valence-electron chi connectivity index (χ0n) is 26.6. The third kappa shape index (κ3) is 4.84. The maximum absolute atomic E-state index is 14.0. The molecule has 2 saturated carbocycles. The quantitative estimate of drug-likeness (QED) is 0.187. The molecule has 8 rings (SSSR count). The van der Waals surface area contributed by atoms with Gasteiger partial charge in [0.25, 0.3) is 0 Å². The zero-order chi connectivity index (χ0) is 33.6. The molecule has 2 bridgehead atoms. The highest BCUT2D eigenvalue weighted by Gasteiger charge is 2.69. The van der Waals surface area contributed by atoms with Crippen LogP contribution in [0.15, 0.2) is 82.6 Å². The van der Waals surface area contributed by atoms with Crippen LogP contribution in [-0.4, -0.2) is 32.6 Å². The summed E-state index contributed by atoms with van der Waals surface area (Å²) >= 11 is 2.73. The Morgan fingerprint density at radius 3 is 2.21 bits per heavy atom. The molecule has 48 heavy (non-hydrogen) atoms. The topological polar surface area (TPSA) is 109 Å². The number of phenols is 1. The van der Waals surface area contributed by atoms with E-state index in [0.717, 1.165) is 33.2 Å². The first-order chi connectivity index (χ1) is 22.9. The van der Waals surface area contributed by atoms with Gasteiger partial charge in [0, 0.05) is 21.7 Å². The van der Waals surface area contributed by atoms with E-state index in [2.05, 4.69) is 50.4 Å². The molecule has 0 spiro atoms. The van der Waals surface area contributed by atoms with Gasteiger partial charge in [-0.3, -0.25) is 28.6 Å². The third-order valence-corrected chi connectivity index (χ3v) is 13.4. The Kier molecular flexibility index (Phi) is 7.23. The van der Waals surface area contributed by atoms with E-state index in [4.69, 9.17) is 0 Å². The second-order valence-electron chi connectivity index (χ2n) is 14.3. The summed E-state index contributed by atoms with van der Waals surface area (Å²) in [5, 5.41) is 13.1. The number of benzene rings is 3. The van der Waals surface area contributed by atoms with Crippen LogP contribution in [0.1, 0.15) is 49.1 Å². The van der Waals surface area contributed by atoms with Crippen LogP contribution >= 0.6 is 23.1 Å². The predicted octanol–water partition coefficient (Wildman–Crippen LogP) is 6.37. The van der Waals surface area contributed by atoms with E-state index in [1.165, 1.54) is 46.9 Å². The van der Waals surface area contributed by atoms with E-state index in [1.54, 1.807) is 28.5 Å². The van der Waals surface area contributed by atoms with Gasteiger partial charge in [0.05, 0.1) is 22.5 Å². The summed E-state index contributed by atoms with van der Waals surface area (Å²) in [7, 11) is 0. The largest absolute Gasteiger partial charge is 0.508 e. The number of amides is 3. The van der Waals surface area contributed by atoms with Crippen molar-refractivity contribution in [1.82, 2.24) is 4.57 Å². The standard InChI is InChI=1S/C37H34FN3O5S2/c1-37(2,3)19-6-4-18(5-7-19)27-28-24-16-25(30-29(24)33(44)41(34(30)45)22-12-8-20(38)9-13-22)31(28)47-35-32(27)48-36(46)40(35)17-26(43)39-21-10-14-23(42)15-11-21/h4-15,24-25,27-31,42H,16-17H2,1-3H3,(H,39,43). The van der Waals surface area contributed by atoms with E-state index >= 15 is 0 Å². The zero-order valence-corrected chi connectivity index (χ0v) is 28.2. The van der Waals surface area contributed by atoms with Gasteiger partial charge in [-0.15, -0.1) is 11.8 Å². The van der Waals surface area contributed by atoms with Gasteiger partial charge in [-0.05, 0) is 89.2 Å². The molecule has 4 aliphatic rings. The molecule has 2 N–H and O–H groups in total. The van der Waals surface area contributed by atoms with E-state index in [0.29, 0.717) is 11.4 Å². The van der Waals surface area contributed by atoms with Crippen LogP contribution in [0.4, 0.5) is 15.8 Å². The Morgan fingerprint density at radius 2 is 1.56 bits per heavy atom. The number of hydrogen-bond acceptors (Lipinski definition) is 7. The number of rotatable bonds is 5. The molecule has 3 heterocycles. The van der Waals surface area contributed by atoms with Crippen molar-refractivity contribution in [2.75, 3.05) is 10.2 Å². The SMILES string of the molecule is CC(C)(C)c1ccc(C2c3sc(=O)n(CC(=O)Nc4ccc(O)cc4)c3SC3C4CC(C5C(=O)N(c6ccc(F)cc6)C(=O)C45)C23)cc1. The number of thioether (sulfide) groups is 1. The van der Waals surface area contributed by atoms with Crippen molar-refractivity contribution in [3.05, 3.63) is 104 Å². The van der Waals surface area contributed by atoms with Crippen molar-refractivity contribution in [2.24, 2.45) is 29.6 Å². The first-order valence-electron chi connectivity index (χ1n) is 16.1. The van der Waals surface area contributed by atoms with E-state index in [9.17, 15) is 28.7 Å². The average Bonchev–Trinajstić information content (AvgIpc) is 3.77. The van der Waals surface area contributed by atoms with E-state index < -0.39 is 17.7 Å². The minimum Gasteiger partial charge on any atom is -0.508 e. The number of nitrogens with zero attached hydrogens (tertiary/aromatic N) is 2. The number of carbonyl (C=O) groups is 3. The van der Waals surface area contributed by atoms with E-state index in [1.807, 2.05) is 0 Å². The highest BCUT2D eigenvalue weighted by Crippen LogP contribution is 2.69. The molecule has 3 aromatic carbocycles. The van der Waals surface area contributed by atoms with Crippen molar-refractivity contribution in [3.63, 3.8) is 0 Å². The van der Waals surface area contributed by atoms with Crippen LogP contribution < -0.4 is 15.1 Å². The Labute approximate surface area is 285 Å². The molecule has 1 saturated heterocycles. The Morgan fingerprint density at radius 1 is 0.917 bits per heavy atom. The number of thiazole rings is 1. The molecule has 7 atom stereocenters. The van der Waals surface area contributed by atoms with Gasteiger partial charge < -0.3 is 10.4 Å². The number of phenolic OH excluding ortho intramolecular Hbond substituents is 1. The number of fused-ring (bicyclic) bond motifs is 9. The monoisotopic (exact) mass is 683 g/mol. The average molecular weight is 684 g/mol. The summed E-state index contributed by atoms with van der Waals surface area (Å²) in [6.45, 7) is 6.30. The minimum atomic E-state index is -0.483. The number of carbonyl (C=O) groups excluding carboxylic acids is 3. The summed E-state index contributed by atoms with van der Waals surface area (Å²) in [5.41, 5.74) is 3.09. The molecular weight excluding hydrogens is 650 g/mol. The van der Waals surface area contributed by atoms with Crippen LogP contribution in [0.2, 0.25) is 0 Å². The molecule has 8 nitrogen and oxygen atoms in total. The fourth-order valence-corrected chi connectivity index (χ4v) is 11.7. The summed E-state index contributed by atoms with van der Waals surface area (Å²) in [5.74, 6) is -2.46. The molecule has 11 heteroatoms. The number of anilines is 2. The molecule has 3 fully saturated rings. The van der Waals surface area contributed by atoms with Crippen LogP contribution in [0.25, 0.3) is 0 Å². The number of aromatic hydroxyl groups is 1. The fraction of sp³-hybridized carbons (Fsp3) is 0.351.